The van der Waals surface area contributed by atoms with Crippen molar-refractivity contribution in [3.8, 4) is 0 Å². The van der Waals surface area contributed by atoms with Crippen molar-refractivity contribution in [2.24, 2.45) is 5.92 Å². The van der Waals surface area contributed by atoms with Crippen molar-refractivity contribution >= 4 is 23.2 Å². The van der Waals surface area contributed by atoms with Crippen LogP contribution in [0.5, 0.6) is 0 Å². The van der Waals surface area contributed by atoms with Crippen molar-refractivity contribution in [2.45, 2.75) is 33.6 Å². The highest BCUT2D eigenvalue weighted by molar-refractivity contribution is 5.97. The second-order valence-corrected chi connectivity index (χ2v) is 8.11. The van der Waals surface area contributed by atoms with Gasteiger partial charge in [-0.25, -0.2) is 0 Å². The minimum atomic E-state index is -0.0971. The van der Waals surface area contributed by atoms with E-state index in [9.17, 15) is 9.59 Å². The van der Waals surface area contributed by atoms with Gasteiger partial charge in [-0.3, -0.25) is 9.59 Å². The van der Waals surface area contributed by atoms with Crippen LogP contribution in [-0.4, -0.2) is 74.0 Å². The fraction of sp³-hybridized carbons (Fsp3) is 0.636. The topological polar surface area (TPSA) is 47.1 Å². The predicted octanol–water partition coefficient (Wildman–Crippen LogP) is 2.44. The molecule has 3 rings (SSSR count). The summed E-state index contributed by atoms with van der Waals surface area (Å²) in [6.07, 6.45) is 2.45. The van der Waals surface area contributed by atoms with Gasteiger partial charge < -0.3 is 19.6 Å². The molecule has 0 unspecified atom stereocenters. The maximum Gasteiger partial charge on any atom is 0.242 e. The first-order chi connectivity index (χ1) is 13.5. The van der Waals surface area contributed by atoms with E-state index >= 15 is 0 Å². The second-order valence-electron chi connectivity index (χ2n) is 8.11. The summed E-state index contributed by atoms with van der Waals surface area (Å²) >= 11 is 0. The van der Waals surface area contributed by atoms with Crippen LogP contribution in [0.4, 0.5) is 11.4 Å². The Morgan fingerprint density at radius 1 is 1.00 bits per heavy atom. The molecule has 0 spiro atoms. The minimum absolute atomic E-state index is 0.0278. The van der Waals surface area contributed by atoms with Crippen LogP contribution >= 0.6 is 0 Å². The molecule has 1 aromatic rings. The fourth-order valence-corrected chi connectivity index (χ4v) is 4.04. The second kappa shape index (κ2) is 9.41. The third kappa shape index (κ3) is 5.04. The van der Waals surface area contributed by atoms with E-state index in [0.717, 1.165) is 57.4 Å². The molecule has 2 saturated heterocycles. The van der Waals surface area contributed by atoms with E-state index in [1.165, 1.54) is 25.5 Å². The van der Waals surface area contributed by atoms with Gasteiger partial charge >= 0.3 is 0 Å². The summed E-state index contributed by atoms with van der Waals surface area (Å²) in [5.74, 6) is 0.731. The fourth-order valence-electron chi connectivity index (χ4n) is 4.04. The Labute approximate surface area is 169 Å². The monoisotopic (exact) mass is 386 g/mol. The van der Waals surface area contributed by atoms with Gasteiger partial charge in [0.15, 0.2) is 0 Å². The number of benzene rings is 1. The quantitative estimate of drug-likeness (QED) is 0.780. The summed E-state index contributed by atoms with van der Waals surface area (Å²) in [6, 6.07) is 8.09. The van der Waals surface area contributed by atoms with E-state index in [-0.39, 0.29) is 18.4 Å². The number of carbonyl (C=O) groups excluding carboxylic acids is 2. The SMILES string of the molecule is CCN1CCN(C(=O)CN(C(C)=O)c2ccc(N3CCC(C)CC3)cc2)CC1. The maximum absolute atomic E-state index is 12.7. The molecule has 0 bridgehead atoms. The van der Waals surface area contributed by atoms with E-state index in [0.29, 0.717) is 0 Å². The molecular formula is C22H34N4O2. The molecule has 2 aliphatic heterocycles. The molecular weight excluding hydrogens is 352 g/mol. The number of amides is 2. The molecule has 0 aliphatic carbocycles. The molecule has 2 fully saturated rings. The van der Waals surface area contributed by atoms with Crippen LogP contribution < -0.4 is 9.80 Å². The van der Waals surface area contributed by atoms with E-state index in [4.69, 9.17) is 0 Å². The van der Waals surface area contributed by atoms with Crippen LogP contribution in [0, 0.1) is 5.92 Å². The number of carbonyl (C=O) groups is 2. The van der Waals surface area contributed by atoms with E-state index in [2.05, 4.69) is 35.8 Å². The lowest BCUT2D eigenvalue weighted by Crippen LogP contribution is -2.51. The number of piperidine rings is 1. The Balaban J connectivity index is 1.62. The lowest BCUT2D eigenvalue weighted by molar-refractivity contribution is -0.132. The molecule has 0 saturated carbocycles. The minimum Gasteiger partial charge on any atom is -0.372 e. The number of rotatable bonds is 5. The first-order valence-electron chi connectivity index (χ1n) is 10.6. The molecule has 2 amide bonds. The summed E-state index contributed by atoms with van der Waals surface area (Å²) in [5.41, 5.74) is 1.99. The van der Waals surface area contributed by atoms with E-state index < -0.39 is 0 Å². The Morgan fingerprint density at radius 3 is 2.14 bits per heavy atom. The van der Waals surface area contributed by atoms with Crippen LogP contribution in [-0.2, 0) is 9.59 Å². The molecule has 0 N–H and O–H groups in total. The number of anilines is 2. The van der Waals surface area contributed by atoms with Crippen molar-refractivity contribution in [3.63, 3.8) is 0 Å². The van der Waals surface area contributed by atoms with Crippen molar-refractivity contribution in [1.29, 1.82) is 0 Å². The summed E-state index contributed by atoms with van der Waals surface area (Å²) in [5, 5.41) is 0. The number of piperazine rings is 1. The third-order valence-corrected chi connectivity index (χ3v) is 6.16. The van der Waals surface area contributed by atoms with Crippen LogP contribution in [0.1, 0.15) is 33.6 Å². The highest BCUT2D eigenvalue weighted by Crippen LogP contribution is 2.25. The molecule has 0 aromatic heterocycles. The molecule has 154 valence electrons. The van der Waals surface area contributed by atoms with E-state index in [1.54, 1.807) is 4.90 Å². The van der Waals surface area contributed by atoms with E-state index in [1.807, 2.05) is 17.0 Å². The Hall–Kier alpha value is -2.08. The van der Waals surface area contributed by atoms with Crippen LogP contribution in [0.2, 0.25) is 0 Å². The van der Waals surface area contributed by atoms with Gasteiger partial charge in [-0.05, 0) is 49.6 Å². The maximum atomic E-state index is 12.7. The Morgan fingerprint density at radius 2 is 1.61 bits per heavy atom. The van der Waals surface area contributed by atoms with Crippen molar-refractivity contribution < 1.29 is 9.59 Å². The van der Waals surface area contributed by atoms with Crippen molar-refractivity contribution in [3.05, 3.63) is 24.3 Å². The van der Waals surface area contributed by atoms with Gasteiger partial charge in [0.2, 0.25) is 11.8 Å². The largest absolute Gasteiger partial charge is 0.372 e. The Bertz CT molecular complexity index is 660. The summed E-state index contributed by atoms with van der Waals surface area (Å²) < 4.78 is 0. The number of hydrogen-bond acceptors (Lipinski definition) is 4. The average molecular weight is 387 g/mol. The zero-order chi connectivity index (χ0) is 20.1. The Kier molecular flexibility index (Phi) is 6.94. The third-order valence-electron chi connectivity index (χ3n) is 6.16. The molecule has 0 atom stereocenters. The van der Waals surface area contributed by atoms with Gasteiger partial charge in [-0.15, -0.1) is 0 Å². The highest BCUT2D eigenvalue weighted by atomic mass is 16.2. The van der Waals surface area contributed by atoms with Crippen LogP contribution in [0.25, 0.3) is 0 Å². The van der Waals surface area contributed by atoms with Gasteiger partial charge in [0, 0.05) is 57.6 Å². The number of hydrogen-bond donors (Lipinski definition) is 0. The first kappa shape index (κ1) is 20.6. The summed E-state index contributed by atoms with van der Waals surface area (Å²) in [7, 11) is 0. The molecule has 2 heterocycles. The first-order valence-corrected chi connectivity index (χ1v) is 10.6. The average Bonchev–Trinajstić information content (AvgIpc) is 2.72. The molecule has 6 heteroatoms. The van der Waals surface area contributed by atoms with Crippen LogP contribution in [0.3, 0.4) is 0 Å². The summed E-state index contributed by atoms with van der Waals surface area (Å²) in [6.45, 7) is 12.6. The molecule has 28 heavy (non-hydrogen) atoms. The van der Waals surface area contributed by atoms with Gasteiger partial charge in [0.1, 0.15) is 6.54 Å². The molecule has 6 nitrogen and oxygen atoms in total. The van der Waals surface area contributed by atoms with Gasteiger partial charge in [-0.2, -0.15) is 0 Å². The molecule has 1 aromatic carbocycles. The van der Waals surface area contributed by atoms with Crippen molar-refractivity contribution in [1.82, 2.24) is 9.80 Å². The standard InChI is InChI=1S/C22H34N4O2/c1-4-23-13-15-25(16-14-23)22(28)17-26(19(3)27)21-7-5-20(6-8-21)24-11-9-18(2)10-12-24/h5-8,18H,4,9-17H2,1-3H3. The van der Waals surface area contributed by atoms with Gasteiger partial charge in [0.25, 0.3) is 0 Å². The molecule has 2 aliphatic rings. The van der Waals surface area contributed by atoms with Crippen LogP contribution in [0.15, 0.2) is 24.3 Å². The zero-order valence-electron chi connectivity index (χ0n) is 17.6. The normalized spacial score (nSPS) is 19.0. The molecule has 0 radical (unpaired) electrons. The summed E-state index contributed by atoms with van der Waals surface area (Å²) in [4.78, 5) is 33.2. The predicted molar refractivity (Wildman–Crippen MR) is 114 cm³/mol. The van der Waals surface area contributed by atoms with Crippen molar-refractivity contribution in [2.75, 3.05) is 62.2 Å². The van der Waals surface area contributed by atoms with Gasteiger partial charge in [-0.1, -0.05) is 13.8 Å². The number of nitrogens with zero attached hydrogens (tertiary/aromatic N) is 4. The zero-order valence-corrected chi connectivity index (χ0v) is 17.6. The lowest BCUT2D eigenvalue weighted by Gasteiger charge is -2.35. The highest BCUT2D eigenvalue weighted by Gasteiger charge is 2.24. The number of likely N-dealkylation sites (N-methyl/N-ethyl adjacent to an activating group) is 1. The van der Waals surface area contributed by atoms with Gasteiger partial charge in [0.05, 0.1) is 0 Å². The smallest absolute Gasteiger partial charge is 0.242 e. The lowest BCUT2D eigenvalue weighted by atomic mass is 9.99.